The van der Waals surface area contributed by atoms with Crippen LogP contribution in [-0.4, -0.2) is 12.5 Å². The fourth-order valence-electron chi connectivity index (χ4n) is 1.66. The summed E-state index contributed by atoms with van der Waals surface area (Å²) >= 11 is 5.61. The summed E-state index contributed by atoms with van der Waals surface area (Å²) in [6.45, 7) is 0.636. The topological polar surface area (TPSA) is 35.2 Å². The Morgan fingerprint density at radius 2 is 1.81 bits per heavy atom. The van der Waals surface area contributed by atoms with E-state index in [4.69, 9.17) is 22.1 Å². The maximum atomic E-state index is 5.90. The molecule has 0 bridgehead atoms. The minimum atomic E-state index is 0.618. The molecule has 0 spiro atoms. The zero-order chi connectivity index (χ0) is 11.4. The third-order valence-corrected chi connectivity index (χ3v) is 2.72. The van der Waals surface area contributed by atoms with Crippen LogP contribution in [0, 0.1) is 0 Å². The molecule has 0 amide bonds. The molecule has 0 saturated carbocycles. The monoisotopic (exact) mass is 235 g/mol. The second-order valence-electron chi connectivity index (χ2n) is 3.59. The molecule has 2 N–H and O–H groups in total. The molecule has 84 valence electrons. The van der Waals surface area contributed by atoms with Gasteiger partial charge in [0.2, 0.25) is 0 Å². The van der Waals surface area contributed by atoms with Gasteiger partial charge in [-0.2, -0.15) is 0 Å². The number of fused-ring (bicyclic) bond motifs is 1. The van der Waals surface area contributed by atoms with Crippen molar-refractivity contribution in [2.75, 3.05) is 18.2 Å². The van der Waals surface area contributed by atoms with Crippen LogP contribution in [0.25, 0.3) is 10.8 Å². The predicted molar refractivity (Wildman–Crippen MR) is 69.2 cm³/mol. The fourth-order valence-corrected chi connectivity index (χ4v) is 1.77. The molecule has 0 unspecified atom stereocenters. The summed E-state index contributed by atoms with van der Waals surface area (Å²) in [5.41, 5.74) is 6.68. The van der Waals surface area contributed by atoms with Gasteiger partial charge in [0.1, 0.15) is 5.75 Å². The van der Waals surface area contributed by atoms with Gasteiger partial charge in [-0.1, -0.05) is 24.3 Å². The van der Waals surface area contributed by atoms with E-state index in [1.807, 2.05) is 36.4 Å². The van der Waals surface area contributed by atoms with Gasteiger partial charge in [0, 0.05) is 22.3 Å². The van der Waals surface area contributed by atoms with Crippen molar-refractivity contribution in [1.82, 2.24) is 0 Å². The number of anilines is 1. The molecule has 0 aliphatic carbocycles. The lowest BCUT2D eigenvalue weighted by Gasteiger charge is -2.10. The molecule has 0 fully saturated rings. The normalized spacial score (nSPS) is 10.6. The third kappa shape index (κ3) is 2.22. The lowest BCUT2D eigenvalue weighted by molar-refractivity contribution is 0.322. The summed E-state index contributed by atoms with van der Waals surface area (Å²) in [7, 11) is 0. The van der Waals surface area contributed by atoms with Crippen LogP contribution >= 0.6 is 11.6 Å². The standard InChI is InChI=1S/C13H14ClNO/c14-8-3-9-16-13-7-6-12(15)10-4-1-2-5-11(10)13/h1-2,4-7H,3,8-9,15H2. The summed E-state index contributed by atoms with van der Waals surface area (Å²) < 4.78 is 5.67. The van der Waals surface area contributed by atoms with Crippen LogP contribution in [-0.2, 0) is 0 Å². The number of rotatable bonds is 4. The molecule has 2 aromatic carbocycles. The average molecular weight is 236 g/mol. The average Bonchev–Trinajstić information content (AvgIpc) is 2.33. The summed E-state index contributed by atoms with van der Waals surface area (Å²) in [5.74, 6) is 1.49. The van der Waals surface area contributed by atoms with Crippen molar-refractivity contribution in [3.63, 3.8) is 0 Å². The second-order valence-corrected chi connectivity index (χ2v) is 3.97. The van der Waals surface area contributed by atoms with E-state index >= 15 is 0 Å². The van der Waals surface area contributed by atoms with Crippen LogP contribution < -0.4 is 10.5 Å². The first-order chi connectivity index (χ1) is 7.83. The van der Waals surface area contributed by atoms with E-state index in [1.165, 1.54) is 0 Å². The molecule has 2 aromatic rings. The first-order valence-electron chi connectivity index (χ1n) is 5.29. The van der Waals surface area contributed by atoms with Gasteiger partial charge in [-0.25, -0.2) is 0 Å². The number of nitrogen functional groups attached to an aromatic ring is 1. The van der Waals surface area contributed by atoms with E-state index in [0.29, 0.717) is 12.5 Å². The SMILES string of the molecule is Nc1ccc(OCCCCl)c2ccccc12. The Kier molecular flexibility index (Phi) is 3.52. The largest absolute Gasteiger partial charge is 0.493 e. The maximum absolute atomic E-state index is 5.90. The molecule has 16 heavy (non-hydrogen) atoms. The molecule has 0 heterocycles. The van der Waals surface area contributed by atoms with Crippen molar-refractivity contribution in [3.05, 3.63) is 36.4 Å². The van der Waals surface area contributed by atoms with Gasteiger partial charge >= 0.3 is 0 Å². The van der Waals surface area contributed by atoms with Gasteiger partial charge in [0.15, 0.2) is 0 Å². The summed E-state index contributed by atoms with van der Waals surface area (Å²) in [4.78, 5) is 0. The highest BCUT2D eigenvalue weighted by atomic mass is 35.5. The Balaban J connectivity index is 2.35. The lowest BCUT2D eigenvalue weighted by Crippen LogP contribution is -1.99. The summed E-state index contributed by atoms with van der Waals surface area (Å²) in [6.07, 6.45) is 0.847. The van der Waals surface area contributed by atoms with Gasteiger partial charge in [-0.15, -0.1) is 11.6 Å². The Bertz CT molecular complexity index is 484. The van der Waals surface area contributed by atoms with Gasteiger partial charge in [0.05, 0.1) is 6.61 Å². The van der Waals surface area contributed by atoms with E-state index in [0.717, 1.165) is 28.6 Å². The maximum Gasteiger partial charge on any atom is 0.127 e. The van der Waals surface area contributed by atoms with E-state index < -0.39 is 0 Å². The van der Waals surface area contributed by atoms with Gasteiger partial charge < -0.3 is 10.5 Å². The van der Waals surface area contributed by atoms with Crippen molar-refractivity contribution in [1.29, 1.82) is 0 Å². The van der Waals surface area contributed by atoms with E-state index in [2.05, 4.69) is 0 Å². The quantitative estimate of drug-likeness (QED) is 0.501. The zero-order valence-electron chi connectivity index (χ0n) is 8.95. The highest BCUT2D eigenvalue weighted by molar-refractivity contribution is 6.17. The van der Waals surface area contributed by atoms with Gasteiger partial charge in [-0.05, 0) is 18.6 Å². The minimum absolute atomic E-state index is 0.618. The number of ether oxygens (including phenoxy) is 1. The molecule has 0 radical (unpaired) electrons. The molecule has 2 rings (SSSR count). The Hall–Kier alpha value is -1.41. The number of halogens is 1. The zero-order valence-corrected chi connectivity index (χ0v) is 9.70. The van der Waals surface area contributed by atoms with Crippen LogP contribution in [0.5, 0.6) is 5.75 Å². The first kappa shape index (κ1) is 11.1. The van der Waals surface area contributed by atoms with Crippen molar-refractivity contribution in [2.45, 2.75) is 6.42 Å². The molecule has 0 saturated heterocycles. The van der Waals surface area contributed by atoms with E-state index in [9.17, 15) is 0 Å². The number of nitrogens with two attached hydrogens (primary N) is 1. The molecule has 3 heteroatoms. The highest BCUT2D eigenvalue weighted by Gasteiger charge is 2.03. The van der Waals surface area contributed by atoms with Gasteiger partial charge in [-0.3, -0.25) is 0 Å². The van der Waals surface area contributed by atoms with Crippen LogP contribution in [0.3, 0.4) is 0 Å². The number of alkyl halides is 1. The Labute approximate surface area is 100.0 Å². The van der Waals surface area contributed by atoms with Crippen LogP contribution in [0.2, 0.25) is 0 Å². The molecule has 0 atom stereocenters. The molecular weight excluding hydrogens is 222 g/mol. The van der Waals surface area contributed by atoms with Crippen molar-refractivity contribution >= 4 is 28.1 Å². The molecule has 0 aromatic heterocycles. The molecule has 0 aliphatic heterocycles. The Morgan fingerprint density at radius 3 is 2.56 bits per heavy atom. The smallest absolute Gasteiger partial charge is 0.127 e. The molecule has 2 nitrogen and oxygen atoms in total. The summed E-state index contributed by atoms with van der Waals surface area (Å²) in [6, 6.07) is 11.8. The third-order valence-electron chi connectivity index (χ3n) is 2.45. The minimum Gasteiger partial charge on any atom is -0.493 e. The first-order valence-corrected chi connectivity index (χ1v) is 5.82. The van der Waals surface area contributed by atoms with Gasteiger partial charge in [0.25, 0.3) is 0 Å². The van der Waals surface area contributed by atoms with Crippen molar-refractivity contribution in [3.8, 4) is 5.75 Å². The second kappa shape index (κ2) is 5.08. The highest BCUT2D eigenvalue weighted by Crippen LogP contribution is 2.29. The van der Waals surface area contributed by atoms with Crippen molar-refractivity contribution < 1.29 is 4.74 Å². The van der Waals surface area contributed by atoms with Crippen LogP contribution in [0.4, 0.5) is 5.69 Å². The summed E-state index contributed by atoms with van der Waals surface area (Å²) in [5, 5.41) is 2.09. The lowest BCUT2D eigenvalue weighted by atomic mass is 10.1. The number of benzene rings is 2. The van der Waals surface area contributed by atoms with Crippen LogP contribution in [0.1, 0.15) is 6.42 Å². The van der Waals surface area contributed by atoms with Crippen LogP contribution in [0.15, 0.2) is 36.4 Å². The molecule has 0 aliphatic rings. The Morgan fingerprint density at radius 1 is 1.06 bits per heavy atom. The predicted octanol–water partition coefficient (Wildman–Crippen LogP) is 3.43. The van der Waals surface area contributed by atoms with E-state index in [-0.39, 0.29) is 0 Å². The van der Waals surface area contributed by atoms with Crippen molar-refractivity contribution in [2.24, 2.45) is 0 Å². The van der Waals surface area contributed by atoms with E-state index in [1.54, 1.807) is 0 Å². The number of hydrogen-bond donors (Lipinski definition) is 1. The molecular formula is C13H14ClNO. The number of hydrogen-bond acceptors (Lipinski definition) is 2. The fraction of sp³-hybridized carbons (Fsp3) is 0.231.